The summed E-state index contributed by atoms with van der Waals surface area (Å²) in [5.41, 5.74) is 2.79. The van der Waals surface area contributed by atoms with E-state index in [1.54, 1.807) is 13.1 Å². The zero-order chi connectivity index (χ0) is 18.4. The second kappa shape index (κ2) is 8.45. The lowest BCUT2D eigenvalue weighted by Crippen LogP contribution is -2.26. The van der Waals surface area contributed by atoms with Crippen molar-refractivity contribution in [3.05, 3.63) is 71.9 Å². The maximum Gasteiger partial charge on any atom is 0.333 e. The van der Waals surface area contributed by atoms with Crippen LogP contribution in [0.2, 0.25) is 0 Å². The van der Waals surface area contributed by atoms with Crippen LogP contribution in [0.5, 0.6) is 5.75 Å². The Labute approximate surface area is 152 Å². The van der Waals surface area contributed by atoms with Gasteiger partial charge in [-0.25, -0.2) is 4.79 Å². The van der Waals surface area contributed by atoms with Gasteiger partial charge in [0.2, 0.25) is 0 Å². The molecule has 0 radical (unpaired) electrons. The van der Waals surface area contributed by atoms with Crippen molar-refractivity contribution in [2.24, 2.45) is 0 Å². The first-order valence-electron chi connectivity index (χ1n) is 8.56. The van der Waals surface area contributed by atoms with Crippen molar-refractivity contribution >= 4 is 16.9 Å². The van der Waals surface area contributed by atoms with Crippen LogP contribution in [0.4, 0.5) is 0 Å². The summed E-state index contributed by atoms with van der Waals surface area (Å²) in [7, 11) is 0. The second-order valence-electron chi connectivity index (χ2n) is 5.91. The molecule has 0 amide bonds. The van der Waals surface area contributed by atoms with Crippen molar-refractivity contribution in [3.8, 4) is 5.75 Å². The van der Waals surface area contributed by atoms with Crippen molar-refractivity contribution in [1.82, 2.24) is 4.98 Å². The standard InChI is InChI=1S/C21H21NO4/c1-2-25-20(21(23)24)13-17-6-3-4-8-19(17)26-14-15-9-10-18-16(12-15)7-5-11-22-18/h3-12,20H,2,13-14H2,1H3,(H,23,24). The molecule has 5 nitrogen and oxygen atoms in total. The number of fused-ring (bicyclic) bond motifs is 1. The summed E-state index contributed by atoms with van der Waals surface area (Å²) in [5, 5.41) is 10.4. The van der Waals surface area contributed by atoms with Crippen molar-refractivity contribution in [2.45, 2.75) is 26.1 Å². The van der Waals surface area contributed by atoms with E-state index in [0.29, 0.717) is 19.0 Å². The van der Waals surface area contributed by atoms with E-state index in [0.717, 1.165) is 22.0 Å². The number of para-hydroxylation sites is 1. The van der Waals surface area contributed by atoms with Gasteiger partial charge in [0.15, 0.2) is 6.10 Å². The highest BCUT2D eigenvalue weighted by Gasteiger charge is 2.20. The average Bonchev–Trinajstić information content (AvgIpc) is 2.66. The fourth-order valence-electron chi connectivity index (χ4n) is 2.81. The highest BCUT2D eigenvalue weighted by molar-refractivity contribution is 5.78. The topological polar surface area (TPSA) is 68.7 Å². The molecule has 0 fully saturated rings. The summed E-state index contributed by atoms with van der Waals surface area (Å²) in [4.78, 5) is 15.6. The number of aromatic nitrogens is 1. The number of carbonyl (C=O) groups is 1. The Bertz CT molecular complexity index is 894. The molecule has 1 heterocycles. The van der Waals surface area contributed by atoms with Crippen LogP contribution in [-0.4, -0.2) is 28.8 Å². The summed E-state index contributed by atoms with van der Waals surface area (Å²) >= 11 is 0. The lowest BCUT2D eigenvalue weighted by Gasteiger charge is -2.16. The number of pyridine rings is 1. The van der Waals surface area contributed by atoms with Gasteiger partial charge in [0.25, 0.3) is 0 Å². The Morgan fingerprint density at radius 1 is 1.15 bits per heavy atom. The zero-order valence-electron chi connectivity index (χ0n) is 14.6. The van der Waals surface area contributed by atoms with E-state index in [1.807, 2.05) is 54.6 Å². The molecular weight excluding hydrogens is 330 g/mol. The van der Waals surface area contributed by atoms with E-state index in [2.05, 4.69) is 4.98 Å². The van der Waals surface area contributed by atoms with Crippen molar-refractivity contribution in [2.75, 3.05) is 6.61 Å². The Morgan fingerprint density at radius 3 is 2.81 bits per heavy atom. The first-order chi connectivity index (χ1) is 12.7. The fraction of sp³-hybridized carbons (Fsp3) is 0.238. The first kappa shape index (κ1) is 17.9. The predicted molar refractivity (Wildman–Crippen MR) is 99.3 cm³/mol. The molecule has 1 atom stereocenters. The van der Waals surface area contributed by atoms with Gasteiger partial charge in [-0.2, -0.15) is 0 Å². The lowest BCUT2D eigenvalue weighted by molar-refractivity contribution is -0.149. The molecule has 3 aromatic rings. The van der Waals surface area contributed by atoms with Gasteiger partial charge in [-0.3, -0.25) is 4.98 Å². The van der Waals surface area contributed by atoms with Gasteiger partial charge < -0.3 is 14.6 Å². The fourth-order valence-corrected chi connectivity index (χ4v) is 2.81. The van der Waals surface area contributed by atoms with E-state index >= 15 is 0 Å². The molecule has 3 rings (SSSR count). The molecule has 0 bridgehead atoms. The molecule has 26 heavy (non-hydrogen) atoms. The molecule has 0 aliphatic heterocycles. The summed E-state index contributed by atoms with van der Waals surface area (Å²) in [6.07, 6.45) is 1.16. The van der Waals surface area contributed by atoms with Crippen LogP contribution in [0.25, 0.3) is 10.9 Å². The summed E-state index contributed by atoms with van der Waals surface area (Å²) in [5.74, 6) is -0.298. The molecule has 0 saturated carbocycles. The smallest absolute Gasteiger partial charge is 0.333 e. The summed E-state index contributed by atoms with van der Waals surface area (Å²) in [6.45, 7) is 2.53. The van der Waals surface area contributed by atoms with Crippen LogP contribution >= 0.6 is 0 Å². The van der Waals surface area contributed by atoms with Gasteiger partial charge in [0, 0.05) is 24.6 Å². The van der Waals surface area contributed by atoms with Crippen LogP contribution in [0.15, 0.2) is 60.8 Å². The van der Waals surface area contributed by atoms with Gasteiger partial charge in [-0.15, -0.1) is 0 Å². The Morgan fingerprint density at radius 2 is 2.00 bits per heavy atom. The quantitative estimate of drug-likeness (QED) is 0.668. The third-order valence-corrected chi connectivity index (χ3v) is 4.08. The number of aliphatic carboxylic acids is 1. The predicted octanol–water partition coefficient (Wildman–Crippen LogP) is 3.85. The van der Waals surface area contributed by atoms with Gasteiger partial charge in [-0.05, 0) is 42.3 Å². The molecule has 2 aromatic carbocycles. The van der Waals surface area contributed by atoms with Crippen molar-refractivity contribution in [1.29, 1.82) is 0 Å². The maximum atomic E-state index is 11.3. The molecule has 0 saturated heterocycles. The second-order valence-corrected chi connectivity index (χ2v) is 5.91. The number of ether oxygens (including phenoxy) is 2. The third-order valence-electron chi connectivity index (χ3n) is 4.08. The van der Waals surface area contributed by atoms with E-state index < -0.39 is 12.1 Å². The molecule has 0 aliphatic carbocycles. The largest absolute Gasteiger partial charge is 0.489 e. The molecular formula is C21H21NO4. The van der Waals surface area contributed by atoms with Crippen LogP contribution in [0.1, 0.15) is 18.1 Å². The third kappa shape index (κ3) is 4.37. The molecule has 5 heteroatoms. The van der Waals surface area contributed by atoms with E-state index in [9.17, 15) is 9.90 Å². The van der Waals surface area contributed by atoms with Gasteiger partial charge in [0.1, 0.15) is 12.4 Å². The average molecular weight is 351 g/mol. The van der Waals surface area contributed by atoms with Crippen LogP contribution < -0.4 is 4.74 Å². The minimum atomic E-state index is -0.969. The minimum Gasteiger partial charge on any atom is -0.489 e. The van der Waals surface area contributed by atoms with Crippen LogP contribution in [0, 0.1) is 0 Å². The number of nitrogens with zero attached hydrogens (tertiary/aromatic N) is 1. The van der Waals surface area contributed by atoms with E-state index in [-0.39, 0.29) is 6.42 Å². The lowest BCUT2D eigenvalue weighted by atomic mass is 10.1. The van der Waals surface area contributed by atoms with E-state index in [4.69, 9.17) is 9.47 Å². The molecule has 134 valence electrons. The molecule has 1 aromatic heterocycles. The monoisotopic (exact) mass is 351 g/mol. The zero-order valence-corrected chi connectivity index (χ0v) is 14.6. The Kier molecular flexibility index (Phi) is 5.81. The Balaban J connectivity index is 1.74. The van der Waals surface area contributed by atoms with Crippen LogP contribution in [-0.2, 0) is 22.6 Å². The van der Waals surface area contributed by atoms with Gasteiger partial charge in [-0.1, -0.05) is 30.3 Å². The highest BCUT2D eigenvalue weighted by atomic mass is 16.5. The first-order valence-corrected chi connectivity index (χ1v) is 8.56. The Hall–Kier alpha value is -2.92. The van der Waals surface area contributed by atoms with Crippen molar-refractivity contribution < 1.29 is 19.4 Å². The molecule has 0 spiro atoms. The van der Waals surface area contributed by atoms with Crippen LogP contribution in [0.3, 0.4) is 0 Å². The summed E-state index contributed by atoms with van der Waals surface area (Å²) in [6, 6.07) is 17.4. The number of hydrogen-bond acceptors (Lipinski definition) is 4. The highest BCUT2D eigenvalue weighted by Crippen LogP contribution is 2.22. The normalized spacial score (nSPS) is 12.0. The molecule has 0 aliphatic rings. The maximum absolute atomic E-state index is 11.3. The number of rotatable bonds is 8. The van der Waals surface area contributed by atoms with E-state index in [1.165, 1.54) is 0 Å². The van der Waals surface area contributed by atoms with Gasteiger partial charge in [0.05, 0.1) is 5.52 Å². The SMILES string of the molecule is CCOC(Cc1ccccc1OCc1ccc2ncccc2c1)C(=O)O. The van der Waals surface area contributed by atoms with Crippen molar-refractivity contribution in [3.63, 3.8) is 0 Å². The number of carboxylic acids is 1. The number of hydrogen-bond donors (Lipinski definition) is 1. The molecule has 1 unspecified atom stereocenters. The van der Waals surface area contributed by atoms with Gasteiger partial charge >= 0.3 is 5.97 Å². The number of benzene rings is 2. The summed E-state index contributed by atoms with van der Waals surface area (Å²) < 4.78 is 11.3. The number of carboxylic acid groups (broad SMARTS) is 1. The minimum absolute atomic E-state index is 0.265. The molecule has 1 N–H and O–H groups in total.